The van der Waals surface area contributed by atoms with Crippen LogP contribution >= 0.6 is 0 Å². The summed E-state index contributed by atoms with van der Waals surface area (Å²) in [6, 6.07) is 6.53. The van der Waals surface area contributed by atoms with Crippen molar-refractivity contribution in [3.8, 4) is 0 Å². The summed E-state index contributed by atoms with van der Waals surface area (Å²) in [5.74, 6) is 1.54. The highest BCUT2D eigenvalue weighted by Gasteiger charge is 2.23. The lowest BCUT2D eigenvalue weighted by Gasteiger charge is -2.38. The van der Waals surface area contributed by atoms with Crippen LogP contribution in [-0.4, -0.2) is 79.3 Å². The fraction of sp³-hybridized carbons (Fsp3) is 0.524. The van der Waals surface area contributed by atoms with Gasteiger partial charge in [-0.2, -0.15) is 0 Å². The third kappa shape index (κ3) is 4.23. The van der Waals surface area contributed by atoms with Crippen molar-refractivity contribution in [3.63, 3.8) is 0 Å². The van der Waals surface area contributed by atoms with Crippen LogP contribution in [0.15, 0.2) is 24.5 Å². The Kier molecular flexibility index (Phi) is 5.73. The number of hydrogen-bond acceptors (Lipinski definition) is 8. The number of aromatic nitrogens is 2. The second-order valence-electron chi connectivity index (χ2n) is 8.05. The maximum absolute atomic E-state index is 6.47. The van der Waals surface area contributed by atoms with Gasteiger partial charge in [0.1, 0.15) is 12.0 Å². The summed E-state index contributed by atoms with van der Waals surface area (Å²) in [5, 5.41) is 2.18. The molecule has 0 radical (unpaired) electrons. The molecule has 29 heavy (non-hydrogen) atoms. The molecule has 0 spiro atoms. The molecular formula is C21H32N8. The first-order chi connectivity index (χ1) is 14.0. The third-order valence-corrected chi connectivity index (χ3v) is 6.13. The first-order valence-corrected chi connectivity index (χ1v) is 10.4. The van der Waals surface area contributed by atoms with E-state index in [1.165, 1.54) is 16.8 Å². The Balaban J connectivity index is 1.43. The summed E-state index contributed by atoms with van der Waals surface area (Å²) in [6.45, 7) is 12.0. The molecule has 0 amide bonds. The third-order valence-electron chi connectivity index (χ3n) is 6.13. The number of nitrogens with one attached hydrogen (secondary N) is 1. The van der Waals surface area contributed by atoms with Crippen molar-refractivity contribution in [2.45, 2.75) is 13.8 Å². The molecule has 1 aromatic carbocycles. The second-order valence-corrected chi connectivity index (χ2v) is 8.05. The van der Waals surface area contributed by atoms with Gasteiger partial charge in [0, 0.05) is 58.0 Å². The number of anilines is 4. The van der Waals surface area contributed by atoms with Crippen molar-refractivity contribution in [1.82, 2.24) is 19.9 Å². The predicted octanol–water partition coefficient (Wildman–Crippen LogP) is 1.58. The van der Waals surface area contributed by atoms with Crippen LogP contribution in [0.1, 0.15) is 11.1 Å². The molecule has 0 unspecified atom stereocenters. The van der Waals surface area contributed by atoms with Gasteiger partial charge in [-0.1, -0.05) is 12.1 Å². The zero-order valence-corrected chi connectivity index (χ0v) is 17.7. The smallest absolute Gasteiger partial charge is 0.169 e. The van der Waals surface area contributed by atoms with E-state index in [-0.39, 0.29) is 0 Å². The highest BCUT2D eigenvalue weighted by atomic mass is 15.5. The molecule has 1 aromatic heterocycles. The Morgan fingerprint density at radius 1 is 0.897 bits per heavy atom. The van der Waals surface area contributed by atoms with Crippen LogP contribution in [0.5, 0.6) is 0 Å². The second kappa shape index (κ2) is 8.42. The Morgan fingerprint density at radius 2 is 1.59 bits per heavy atom. The Bertz CT molecular complexity index is 839. The van der Waals surface area contributed by atoms with Gasteiger partial charge in [-0.15, -0.1) is 0 Å². The highest BCUT2D eigenvalue weighted by Crippen LogP contribution is 2.29. The minimum absolute atomic E-state index is 0.631. The average Bonchev–Trinajstić information content (AvgIpc) is 2.73. The highest BCUT2D eigenvalue weighted by molar-refractivity contribution is 5.75. The number of nitrogens with two attached hydrogens (primary N) is 1. The predicted molar refractivity (Wildman–Crippen MR) is 119 cm³/mol. The van der Waals surface area contributed by atoms with Gasteiger partial charge in [-0.05, 0) is 38.1 Å². The molecule has 0 saturated carbocycles. The minimum atomic E-state index is 0.631. The summed E-state index contributed by atoms with van der Waals surface area (Å²) in [4.78, 5) is 15.9. The summed E-state index contributed by atoms with van der Waals surface area (Å²) in [5.41, 5.74) is 14.5. The van der Waals surface area contributed by atoms with Gasteiger partial charge in [0.2, 0.25) is 0 Å². The molecule has 2 aliphatic rings. The van der Waals surface area contributed by atoms with Crippen LogP contribution in [0.2, 0.25) is 0 Å². The van der Waals surface area contributed by atoms with E-state index in [1.54, 1.807) is 6.33 Å². The molecule has 8 nitrogen and oxygen atoms in total. The molecule has 2 saturated heterocycles. The number of nitrogens with zero attached hydrogens (tertiary/aromatic N) is 6. The fourth-order valence-corrected chi connectivity index (χ4v) is 4.03. The molecular weight excluding hydrogens is 364 g/mol. The van der Waals surface area contributed by atoms with Crippen LogP contribution in [0.3, 0.4) is 0 Å². The summed E-state index contributed by atoms with van der Waals surface area (Å²) < 4.78 is 0. The summed E-state index contributed by atoms with van der Waals surface area (Å²) in [6.07, 6.45) is 1.61. The van der Waals surface area contributed by atoms with Crippen molar-refractivity contribution in [1.29, 1.82) is 0 Å². The average molecular weight is 397 g/mol. The first-order valence-electron chi connectivity index (χ1n) is 10.4. The molecule has 0 atom stereocenters. The number of rotatable bonds is 4. The number of likely N-dealkylation sites (N-methyl/N-ethyl adjacent to an activating group) is 1. The largest absolute Gasteiger partial charge is 0.393 e. The van der Waals surface area contributed by atoms with E-state index in [1.807, 2.05) is 0 Å². The molecule has 156 valence electrons. The maximum atomic E-state index is 6.47. The lowest BCUT2D eigenvalue weighted by atomic mass is 10.1. The standard InChI is InChI=1S/C21H32N8/c1-16-5-4-6-18(17(16)2)27-9-11-28(12-10-27)21-19(22)20(23-15-24-21)25-29-13-7-26(3)8-14-29/h4-6,15H,7-14,22H2,1-3H3,(H,23,24,25). The molecule has 0 bridgehead atoms. The number of nitrogen functional groups attached to an aromatic ring is 1. The van der Waals surface area contributed by atoms with Gasteiger partial charge in [0.05, 0.1) is 0 Å². The molecule has 4 rings (SSSR count). The van der Waals surface area contributed by atoms with E-state index in [0.717, 1.165) is 58.2 Å². The number of benzene rings is 1. The van der Waals surface area contributed by atoms with Crippen molar-refractivity contribution >= 4 is 23.0 Å². The number of hydrogen-bond donors (Lipinski definition) is 2. The van der Waals surface area contributed by atoms with Gasteiger partial charge in [0.15, 0.2) is 11.6 Å². The van der Waals surface area contributed by atoms with E-state index in [0.29, 0.717) is 11.5 Å². The van der Waals surface area contributed by atoms with E-state index >= 15 is 0 Å². The zero-order chi connectivity index (χ0) is 20.4. The molecule has 2 aromatic rings. The topological polar surface area (TPSA) is 76.8 Å². The van der Waals surface area contributed by atoms with Gasteiger partial charge in [-0.3, -0.25) is 0 Å². The van der Waals surface area contributed by atoms with E-state index < -0.39 is 0 Å². The SMILES string of the molecule is Cc1cccc(N2CCN(c3ncnc(NN4CCN(C)CC4)c3N)CC2)c1C. The zero-order valence-electron chi connectivity index (χ0n) is 17.7. The molecule has 8 heteroatoms. The number of aryl methyl sites for hydroxylation is 1. The minimum Gasteiger partial charge on any atom is -0.393 e. The van der Waals surface area contributed by atoms with E-state index in [4.69, 9.17) is 5.73 Å². The van der Waals surface area contributed by atoms with Gasteiger partial charge in [0.25, 0.3) is 0 Å². The lowest BCUT2D eigenvalue weighted by molar-refractivity contribution is 0.178. The van der Waals surface area contributed by atoms with Crippen LogP contribution < -0.4 is 21.0 Å². The molecule has 3 N–H and O–H groups in total. The van der Waals surface area contributed by atoms with Crippen molar-refractivity contribution in [2.24, 2.45) is 0 Å². The summed E-state index contributed by atoms with van der Waals surface area (Å²) in [7, 11) is 2.15. The van der Waals surface area contributed by atoms with Crippen LogP contribution in [0.4, 0.5) is 23.0 Å². The van der Waals surface area contributed by atoms with Gasteiger partial charge >= 0.3 is 0 Å². The Morgan fingerprint density at radius 3 is 2.31 bits per heavy atom. The quantitative estimate of drug-likeness (QED) is 0.807. The van der Waals surface area contributed by atoms with Crippen molar-refractivity contribution in [3.05, 3.63) is 35.7 Å². The van der Waals surface area contributed by atoms with Crippen LogP contribution in [0, 0.1) is 13.8 Å². The Labute approximate surface area is 173 Å². The normalized spacial score (nSPS) is 18.9. The number of piperazine rings is 2. The van der Waals surface area contributed by atoms with Crippen LogP contribution in [0.25, 0.3) is 0 Å². The van der Waals surface area contributed by atoms with Gasteiger partial charge < -0.3 is 25.9 Å². The summed E-state index contributed by atoms with van der Waals surface area (Å²) >= 11 is 0. The molecule has 2 fully saturated rings. The molecule has 0 aliphatic carbocycles. The maximum Gasteiger partial charge on any atom is 0.169 e. The molecule has 2 aliphatic heterocycles. The van der Waals surface area contributed by atoms with Crippen LogP contribution in [-0.2, 0) is 0 Å². The van der Waals surface area contributed by atoms with E-state index in [9.17, 15) is 0 Å². The Hall–Kier alpha value is -2.58. The molecule has 3 heterocycles. The monoisotopic (exact) mass is 396 g/mol. The van der Waals surface area contributed by atoms with Crippen molar-refractivity contribution in [2.75, 3.05) is 80.4 Å². The van der Waals surface area contributed by atoms with E-state index in [2.05, 4.69) is 74.2 Å². The lowest BCUT2D eigenvalue weighted by Crippen LogP contribution is -2.48. The number of hydrazine groups is 1. The van der Waals surface area contributed by atoms with Gasteiger partial charge in [-0.25, -0.2) is 15.0 Å². The fourth-order valence-electron chi connectivity index (χ4n) is 4.03. The van der Waals surface area contributed by atoms with Crippen molar-refractivity contribution < 1.29 is 0 Å². The first kappa shape index (κ1) is 19.7.